The van der Waals surface area contributed by atoms with Gasteiger partial charge in [0.05, 0.1) is 6.26 Å². The van der Waals surface area contributed by atoms with Crippen LogP contribution in [-0.2, 0) is 13.2 Å². The summed E-state index contributed by atoms with van der Waals surface area (Å²) >= 11 is 0. The lowest BCUT2D eigenvalue weighted by Gasteiger charge is -2.04. The van der Waals surface area contributed by atoms with E-state index in [2.05, 4.69) is 5.32 Å². The van der Waals surface area contributed by atoms with Crippen LogP contribution in [0.2, 0.25) is 0 Å². The summed E-state index contributed by atoms with van der Waals surface area (Å²) in [4.78, 5) is 0. The van der Waals surface area contributed by atoms with Crippen LogP contribution in [-0.4, -0.2) is 13.8 Å². The summed E-state index contributed by atoms with van der Waals surface area (Å²) in [6.07, 6.45) is 1.73. The van der Waals surface area contributed by atoms with E-state index in [1.54, 1.807) is 6.26 Å². The van der Waals surface area contributed by atoms with Crippen LogP contribution in [0.1, 0.15) is 11.3 Å². The van der Waals surface area contributed by atoms with Crippen LogP contribution in [0, 0.1) is 0 Å². The van der Waals surface area contributed by atoms with Gasteiger partial charge in [0.2, 0.25) is 6.79 Å². The van der Waals surface area contributed by atoms with Crippen LogP contribution in [0.4, 0.5) is 0 Å². The molecule has 2 aromatic rings. The van der Waals surface area contributed by atoms with E-state index in [1.807, 2.05) is 31.3 Å². The van der Waals surface area contributed by atoms with Crippen molar-refractivity contribution >= 4 is 0 Å². The van der Waals surface area contributed by atoms with Crippen LogP contribution < -0.4 is 19.5 Å². The van der Waals surface area contributed by atoms with E-state index >= 15 is 0 Å². The van der Waals surface area contributed by atoms with Crippen molar-refractivity contribution in [2.75, 3.05) is 13.8 Å². The summed E-state index contributed by atoms with van der Waals surface area (Å²) in [5.41, 5.74) is 1.10. The Morgan fingerprint density at radius 3 is 3.00 bits per heavy atom. The number of rotatable bonds is 5. The van der Waals surface area contributed by atoms with Gasteiger partial charge in [0.1, 0.15) is 18.1 Å². The molecule has 1 aromatic carbocycles. The van der Waals surface area contributed by atoms with Gasteiger partial charge >= 0.3 is 0 Å². The first-order valence-corrected chi connectivity index (χ1v) is 6.08. The highest BCUT2D eigenvalue weighted by Gasteiger charge is 2.13. The van der Waals surface area contributed by atoms with Gasteiger partial charge in [0, 0.05) is 18.2 Å². The van der Waals surface area contributed by atoms with E-state index in [9.17, 15) is 0 Å². The highest BCUT2D eigenvalue weighted by atomic mass is 16.7. The summed E-state index contributed by atoms with van der Waals surface area (Å²) in [6, 6.07) is 7.49. The predicted octanol–water partition coefficient (Wildman–Crippen LogP) is 2.31. The maximum absolute atomic E-state index is 5.66. The molecule has 0 unspecified atom stereocenters. The fraction of sp³-hybridized carbons (Fsp3) is 0.286. The van der Waals surface area contributed by atoms with Gasteiger partial charge in [-0.1, -0.05) is 0 Å². The quantitative estimate of drug-likeness (QED) is 0.895. The summed E-state index contributed by atoms with van der Waals surface area (Å²) in [5.74, 6) is 2.99. The van der Waals surface area contributed by atoms with Crippen molar-refractivity contribution < 1.29 is 18.6 Å². The number of furan rings is 1. The molecule has 1 aliphatic rings. The zero-order valence-corrected chi connectivity index (χ0v) is 10.6. The second-order valence-corrected chi connectivity index (χ2v) is 4.26. The third-order valence-corrected chi connectivity index (χ3v) is 2.81. The molecule has 0 amide bonds. The Morgan fingerprint density at radius 2 is 2.11 bits per heavy atom. The highest BCUT2D eigenvalue weighted by molar-refractivity contribution is 5.46. The molecule has 3 rings (SSSR count). The van der Waals surface area contributed by atoms with Crippen molar-refractivity contribution in [2.24, 2.45) is 0 Å². The van der Waals surface area contributed by atoms with Crippen LogP contribution in [0.25, 0.3) is 0 Å². The van der Waals surface area contributed by atoms with Crippen molar-refractivity contribution in [3.05, 3.63) is 41.9 Å². The van der Waals surface area contributed by atoms with Crippen molar-refractivity contribution in [2.45, 2.75) is 13.2 Å². The van der Waals surface area contributed by atoms with E-state index in [0.717, 1.165) is 29.4 Å². The number of hydrogen-bond acceptors (Lipinski definition) is 5. The molecule has 19 heavy (non-hydrogen) atoms. The number of nitrogens with one attached hydrogen (secondary N) is 1. The molecule has 0 fully saturated rings. The second kappa shape index (κ2) is 5.24. The molecule has 0 saturated carbocycles. The fourth-order valence-corrected chi connectivity index (χ4v) is 1.92. The van der Waals surface area contributed by atoms with E-state index in [4.69, 9.17) is 18.6 Å². The molecule has 0 radical (unpaired) electrons. The lowest BCUT2D eigenvalue weighted by molar-refractivity contribution is 0.173. The van der Waals surface area contributed by atoms with Gasteiger partial charge in [0.25, 0.3) is 0 Å². The first-order chi connectivity index (χ1) is 9.35. The molecule has 2 heterocycles. The average molecular weight is 261 g/mol. The molecule has 1 aliphatic heterocycles. The van der Waals surface area contributed by atoms with Crippen LogP contribution in [0.3, 0.4) is 0 Å². The maximum Gasteiger partial charge on any atom is 0.231 e. The largest absolute Gasteiger partial charge is 0.486 e. The molecule has 1 aromatic heterocycles. The van der Waals surface area contributed by atoms with Crippen LogP contribution >= 0.6 is 0 Å². The number of fused-ring (bicyclic) bond motifs is 1. The molecule has 0 saturated heterocycles. The van der Waals surface area contributed by atoms with Crippen LogP contribution in [0.15, 0.2) is 34.9 Å². The van der Waals surface area contributed by atoms with Crippen LogP contribution in [0.5, 0.6) is 17.2 Å². The number of ether oxygens (including phenoxy) is 3. The van der Waals surface area contributed by atoms with Crippen molar-refractivity contribution in [1.82, 2.24) is 5.32 Å². The monoisotopic (exact) mass is 261 g/mol. The van der Waals surface area contributed by atoms with Gasteiger partial charge in [-0.25, -0.2) is 0 Å². The normalized spacial score (nSPS) is 12.7. The first kappa shape index (κ1) is 11.9. The molecule has 100 valence electrons. The van der Waals surface area contributed by atoms with Gasteiger partial charge in [0.15, 0.2) is 11.5 Å². The smallest absolute Gasteiger partial charge is 0.231 e. The Morgan fingerprint density at radius 1 is 1.21 bits per heavy atom. The molecule has 0 atom stereocenters. The SMILES string of the molecule is CNCc1coc(COc2ccc3c(c2)OCO3)c1. The van der Waals surface area contributed by atoms with Gasteiger partial charge < -0.3 is 23.9 Å². The minimum Gasteiger partial charge on any atom is -0.486 e. The summed E-state index contributed by atoms with van der Waals surface area (Å²) in [6.45, 7) is 1.45. The molecular formula is C14H15NO4. The van der Waals surface area contributed by atoms with E-state index in [1.165, 1.54) is 0 Å². The lowest BCUT2D eigenvalue weighted by atomic mass is 10.3. The maximum atomic E-state index is 5.66. The molecule has 0 bridgehead atoms. The Kier molecular flexibility index (Phi) is 3.29. The third-order valence-electron chi connectivity index (χ3n) is 2.81. The lowest BCUT2D eigenvalue weighted by Crippen LogP contribution is -2.03. The second-order valence-electron chi connectivity index (χ2n) is 4.26. The van der Waals surface area contributed by atoms with Crippen molar-refractivity contribution in [3.8, 4) is 17.2 Å². The molecule has 5 nitrogen and oxygen atoms in total. The van der Waals surface area contributed by atoms with Gasteiger partial charge in [-0.2, -0.15) is 0 Å². The standard InChI is InChI=1S/C14H15NO4/c1-15-6-10-4-12(16-7-10)8-17-11-2-3-13-14(5-11)19-9-18-13/h2-5,7,15H,6,8-9H2,1H3. The molecule has 0 aliphatic carbocycles. The molecule has 5 heteroatoms. The van der Waals surface area contributed by atoms with Crippen molar-refractivity contribution in [1.29, 1.82) is 0 Å². The summed E-state index contributed by atoms with van der Waals surface area (Å²) in [7, 11) is 1.90. The van der Waals surface area contributed by atoms with E-state index in [0.29, 0.717) is 12.4 Å². The number of benzene rings is 1. The van der Waals surface area contributed by atoms with Gasteiger partial charge in [-0.05, 0) is 25.2 Å². The Balaban J connectivity index is 1.62. The average Bonchev–Trinajstić information content (AvgIpc) is 3.04. The molecular weight excluding hydrogens is 246 g/mol. The minimum absolute atomic E-state index is 0.268. The predicted molar refractivity (Wildman–Crippen MR) is 68.4 cm³/mol. The topological polar surface area (TPSA) is 52.9 Å². The van der Waals surface area contributed by atoms with E-state index < -0.39 is 0 Å². The Hall–Kier alpha value is -2.14. The summed E-state index contributed by atoms with van der Waals surface area (Å²) < 4.78 is 21.6. The first-order valence-electron chi connectivity index (χ1n) is 6.08. The Labute approximate surface area is 111 Å². The molecule has 1 N–H and O–H groups in total. The fourth-order valence-electron chi connectivity index (χ4n) is 1.92. The highest BCUT2D eigenvalue weighted by Crippen LogP contribution is 2.35. The summed E-state index contributed by atoms with van der Waals surface area (Å²) in [5, 5.41) is 3.07. The minimum atomic E-state index is 0.268. The van der Waals surface area contributed by atoms with Gasteiger partial charge in [-0.15, -0.1) is 0 Å². The van der Waals surface area contributed by atoms with Gasteiger partial charge in [-0.3, -0.25) is 0 Å². The number of hydrogen-bond donors (Lipinski definition) is 1. The Bertz CT molecular complexity index is 564. The zero-order chi connectivity index (χ0) is 13.1. The molecule has 0 spiro atoms. The third kappa shape index (κ3) is 2.66. The zero-order valence-electron chi connectivity index (χ0n) is 10.6. The van der Waals surface area contributed by atoms with Crippen molar-refractivity contribution in [3.63, 3.8) is 0 Å². The van der Waals surface area contributed by atoms with E-state index in [-0.39, 0.29) is 6.79 Å².